The molecule has 3 nitrogen and oxygen atoms in total. The first-order valence-electron chi connectivity index (χ1n) is 7.08. The summed E-state index contributed by atoms with van der Waals surface area (Å²) in [6, 6.07) is 14.0. The summed E-state index contributed by atoms with van der Waals surface area (Å²) in [5.74, 6) is 0.0769. The van der Waals surface area contributed by atoms with Gasteiger partial charge in [0.2, 0.25) is 5.91 Å². The Labute approximate surface area is 141 Å². The molecule has 0 aliphatic rings. The van der Waals surface area contributed by atoms with Gasteiger partial charge in [0.1, 0.15) is 5.75 Å². The molecule has 122 valence electrons. The second-order valence-corrected chi connectivity index (χ2v) is 5.84. The lowest BCUT2D eigenvalue weighted by atomic mass is 10.1. The van der Waals surface area contributed by atoms with E-state index in [4.69, 9.17) is 0 Å². The quantitative estimate of drug-likeness (QED) is 0.785. The molecule has 2 rings (SSSR count). The van der Waals surface area contributed by atoms with Crippen LogP contribution in [0.5, 0.6) is 5.75 Å². The largest absolute Gasteiger partial charge is 0.435 e. The van der Waals surface area contributed by atoms with Crippen molar-refractivity contribution in [2.24, 2.45) is 0 Å². The summed E-state index contributed by atoms with van der Waals surface area (Å²) in [6.45, 7) is -2.33. The first kappa shape index (κ1) is 17.4. The van der Waals surface area contributed by atoms with Crippen LogP contribution in [0.1, 0.15) is 11.1 Å². The van der Waals surface area contributed by atoms with Crippen LogP contribution < -0.4 is 10.1 Å². The Kier molecular flexibility index (Phi) is 6.52. The van der Waals surface area contributed by atoms with Crippen LogP contribution in [0.15, 0.2) is 53.0 Å². The number of carbonyl (C=O) groups excluding carboxylic acids is 1. The summed E-state index contributed by atoms with van der Waals surface area (Å²) in [5.41, 5.74) is 1.88. The number of carbonyl (C=O) groups is 1. The fourth-order valence-electron chi connectivity index (χ4n) is 2.03. The minimum absolute atomic E-state index is 0.0509. The fraction of sp³-hybridized carbons (Fsp3) is 0.235. The molecule has 0 radical (unpaired) electrons. The molecule has 0 atom stereocenters. The van der Waals surface area contributed by atoms with E-state index in [-0.39, 0.29) is 11.7 Å². The predicted octanol–water partition coefficient (Wildman–Crippen LogP) is 3.95. The second kappa shape index (κ2) is 8.62. The first-order valence-corrected chi connectivity index (χ1v) is 7.87. The van der Waals surface area contributed by atoms with Gasteiger partial charge in [0.15, 0.2) is 0 Å². The minimum Gasteiger partial charge on any atom is -0.435 e. The van der Waals surface area contributed by atoms with E-state index in [9.17, 15) is 13.6 Å². The van der Waals surface area contributed by atoms with Crippen molar-refractivity contribution in [1.82, 2.24) is 5.32 Å². The average molecular weight is 384 g/mol. The zero-order valence-corrected chi connectivity index (χ0v) is 13.9. The molecule has 0 spiro atoms. The molecule has 1 N–H and O–H groups in total. The molecule has 6 heteroatoms. The number of amides is 1. The number of hydrogen-bond acceptors (Lipinski definition) is 2. The summed E-state index contributed by atoms with van der Waals surface area (Å²) >= 11 is 3.35. The molecule has 0 aliphatic heterocycles. The Hall–Kier alpha value is -1.95. The Balaban J connectivity index is 1.73. The van der Waals surface area contributed by atoms with Gasteiger partial charge in [0.25, 0.3) is 0 Å². The summed E-state index contributed by atoms with van der Waals surface area (Å²) < 4.78 is 29.3. The Bertz CT molecular complexity index is 630. The number of nitrogens with one attached hydrogen (secondary N) is 1. The van der Waals surface area contributed by atoms with E-state index in [2.05, 4.69) is 26.0 Å². The molecule has 0 aliphatic carbocycles. The van der Waals surface area contributed by atoms with E-state index in [1.807, 2.05) is 24.3 Å². The molecule has 0 unspecified atom stereocenters. The lowest BCUT2D eigenvalue weighted by molar-refractivity contribution is -0.120. The van der Waals surface area contributed by atoms with Crippen molar-refractivity contribution in [3.8, 4) is 5.75 Å². The van der Waals surface area contributed by atoms with Crippen LogP contribution in [0.2, 0.25) is 0 Å². The van der Waals surface area contributed by atoms with Crippen molar-refractivity contribution in [1.29, 1.82) is 0 Å². The van der Waals surface area contributed by atoms with Crippen molar-refractivity contribution in [3.05, 3.63) is 64.1 Å². The maximum atomic E-state index is 12.0. The molecule has 23 heavy (non-hydrogen) atoms. The van der Waals surface area contributed by atoms with E-state index in [0.29, 0.717) is 19.4 Å². The van der Waals surface area contributed by atoms with Gasteiger partial charge >= 0.3 is 6.61 Å². The molecule has 0 heterocycles. The Morgan fingerprint density at radius 2 is 1.65 bits per heavy atom. The Morgan fingerprint density at radius 1 is 1.04 bits per heavy atom. The van der Waals surface area contributed by atoms with Crippen molar-refractivity contribution in [3.63, 3.8) is 0 Å². The molecule has 0 saturated heterocycles. The molecular weight excluding hydrogens is 368 g/mol. The van der Waals surface area contributed by atoms with Crippen LogP contribution in [0.25, 0.3) is 0 Å². The van der Waals surface area contributed by atoms with Gasteiger partial charge in [-0.1, -0.05) is 40.2 Å². The van der Waals surface area contributed by atoms with E-state index in [1.165, 1.54) is 12.1 Å². The minimum atomic E-state index is -2.82. The topological polar surface area (TPSA) is 38.3 Å². The number of benzene rings is 2. The second-order valence-electron chi connectivity index (χ2n) is 4.93. The summed E-state index contributed by atoms with van der Waals surface area (Å²) in [7, 11) is 0. The van der Waals surface area contributed by atoms with E-state index < -0.39 is 6.61 Å². The van der Waals surface area contributed by atoms with Gasteiger partial charge in [-0.2, -0.15) is 8.78 Å². The van der Waals surface area contributed by atoms with Gasteiger partial charge < -0.3 is 10.1 Å². The molecular formula is C17H16BrF2NO2. The van der Waals surface area contributed by atoms with Crippen molar-refractivity contribution in [2.75, 3.05) is 6.54 Å². The maximum absolute atomic E-state index is 12.0. The summed E-state index contributed by atoms with van der Waals surface area (Å²) in [4.78, 5) is 11.8. The van der Waals surface area contributed by atoms with Gasteiger partial charge in [-0.05, 0) is 41.8 Å². The van der Waals surface area contributed by atoms with Gasteiger partial charge in [-0.15, -0.1) is 0 Å². The normalized spacial score (nSPS) is 10.6. The highest BCUT2D eigenvalue weighted by atomic mass is 79.9. The van der Waals surface area contributed by atoms with Crippen molar-refractivity contribution >= 4 is 21.8 Å². The molecule has 1 amide bonds. The third-order valence-electron chi connectivity index (χ3n) is 3.16. The van der Waals surface area contributed by atoms with Crippen LogP contribution in [0.4, 0.5) is 8.78 Å². The lowest BCUT2D eigenvalue weighted by Crippen LogP contribution is -2.27. The highest BCUT2D eigenvalue weighted by Gasteiger charge is 2.05. The Morgan fingerprint density at radius 3 is 2.26 bits per heavy atom. The zero-order valence-electron chi connectivity index (χ0n) is 12.3. The van der Waals surface area contributed by atoms with Crippen LogP contribution >= 0.6 is 15.9 Å². The number of rotatable bonds is 7. The smallest absolute Gasteiger partial charge is 0.387 e. The highest BCUT2D eigenvalue weighted by Crippen LogP contribution is 2.15. The van der Waals surface area contributed by atoms with Gasteiger partial charge in [-0.3, -0.25) is 4.79 Å². The maximum Gasteiger partial charge on any atom is 0.387 e. The predicted molar refractivity (Wildman–Crippen MR) is 87.6 cm³/mol. The monoisotopic (exact) mass is 383 g/mol. The zero-order chi connectivity index (χ0) is 16.7. The molecule has 2 aromatic carbocycles. The first-order chi connectivity index (χ1) is 11.0. The molecule has 2 aromatic rings. The van der Waals surface area contributed by atoms with Gasteiger partial charge in [0, 0.05) is 11.0 Å². The van der Waals surface area contributed by atoms with Gasteiger partial charge in [0.05, 0.1) is 6.42 Å². The van der Waals surface area contributed by atoms with Gasteiger partial charge in [-0.25, -0.2) is 0 Å². The van der Waals surface area contributed by atoms with E-state index >= 15 is 0 Å². The van der Waals surface area contributed by atoms with Crippen LogP contribution in [-0.2, 0) is 17.6 Å². The molecule has 0 bridgehead atoms. The van der Waals surface area contributed by atoms with Crippen LogP contribution in [0, 0.1) is 0 Å². The van der Waals surface area contributed by atoms with Crippen LogP contribution in [-0.4, -0.2) is 19.1 Å². The van der Waals surface area contributed by atoms with Crippen LogP contribution in [0.3, 0.4) is 0 Å². The average Bonchev–Trinajstić information content (AvgIpc) is 2.51. The number of alkyl halides is 2. The van der Waals surface area contributed by atoms with E-state index in [1.54, 1.807) is 12.1 Å². The highest BCUT2D eigenvalue weighted by molar-refractivity contribution is 9.10. The lowest BCUT2D eigenvalue weighted by Gasteiger charge is -2.07. The third kappa shape index (κ3) is 6.36. The third-order valence-corrected chi connectivity index (χ3v) is 3.69. The van der Waals surface area contributed by atoms with Crippen molar-refractivity contribution in [2.45, 2.75) is 19.5 Å². The SMILES string of the molecule is O=C(Cc1ccc(Br)cc1)NCCc1ccc(OC(F)F)cc1. The number of ether oxygens (including phenoxy) is 1. The fourth-order valence-corrected chi connectivity index (χ4v) is 2.30. The number of halogens is 3. The molecule has 0 saturated carbocycles. The molecule has 0 aromatic heterocycles. The standard InChI is InChI=1S/C17H16BrF2NO2/c18-14-5-1-13(2-6-14)11-16(22)21-10-9-12-3-7-15(8-4-12)23-17(19)20/h1-8,17H,9-11H2,(H,21,22). The van der Waals surface area contributed by atoms with Crippen molar-refractivity contribution < 1.29 is 18.3 Å². The van der Waals surface area contributed by atoms with E-state index in [0.717, 1.165) is 15.6 Å². The summed E-state index contributed by atoms with van der Waals surface area (Å²) in [6.07, 6.45) is 0.954. The number of hydrogen-bond donors (Lipinski definition) is 1. The molecule has 0 fully saturated rings. The summed E-state index contributed by atoms with van der Waals surface area (Å²) in [5, 5.41) is 2.84.